The molecule has 184 valence electrons. The normalized spacial score (nSPS) is 41.3. The molecule has 0 aliphatic heterocycles. The lowest BCUT2D eigenvalue weighted by Gasteiger charge is -2.49. The highest BCUT2D eigenvalue weighted by atomic mass is 16.3. The van der Waals surface area contributed by atoms with E-state index in [1.165, 1.54) is 0 Å². The van der Waals surface area contributed by atoms with Crippen molar-refractivity contribution in [3.05, 3.63) is 59.8 Å². The zero-order valence-corrected chi connectivity index (χ0v) is 20.6. The molecule has 1 spiro atoms. The molecule has 2 aromatic rings. The molecular weight excluding hydrogens is 442 g/mol. The molecule has 0 radical (unpaired) electrons. The van der Waals surface area contributed by atoms with Crippen LogP contribution in [0.15, 0.2) is 59.8 Å². The predicted molar refractivity (Wildman–Crippen MR) is 130 cm³/mol. The lowest BCUT2D eigenvalue weighted by atomic mass is 9.58. The van der Waals surface area contributed by atoms with Crippen molar-refractivity contribution in [1.29, 1.82) is 0 Å². The Balaban J connectivity index is 1.53. The number of hydrogen-bond donors (Lipinski definition) is 3. The quantitative estimate of drug-likeness (QED) is 0.589. The van der Waals surface area contributed by atoms with E-state index in [9.17, 15) is 20.1 Å². The van der Waals surface area contributed by atoms with E-state index in [-0.39, 0.29) is 23.0 Å². The molecule has 1 aromatic carbocycles. The Bertz CT molecular complexity index is 1260. The number of aliphatic hydroxyl groups excluding tert-OH is 2. The van der Waals surface area contributed by atoms with Gasteiger partial charge in [-0.1, -0.05) is 68.5 Å². The summed E-state index contributed by atoms with van der Waals surface area (Å²) >= 11 is 0. The van der Waals surface area contributed by atoms with Crippen molar-refractivity contribution in [1.82, 2.24) is 15.0 Å². The van der Waals surface area contributed by atoms with E-state index < -0.39 is 35.7 Å². The summed E-state index contributed by atoms with van der Waals surface area (Å²) in [5, 5.41) is 43.3. The van der Waals surface area contributed by atoms with Gasteiger partial charge in [0.15, 0.2) is 5.78 Å². The summed E-state index contributed by atoms with van der Waals surface area (Å²) in [4.78, 5) is 14.5. The van der Waals surface area contributed by atoms with Crippen LogP contribution in [0.25, 0.3) is 11.3 Å². The van der Waals surface area contributed by atoms with Gasteiger partial charge in [-0.15, -0.1) is 5.10 Å². The van der Waals surface area contributed by atoms with E-state index >= 15 is 0 Å². The number of aromatic nitrogens is 3. The fourth-order valence-corrected chi connectivity index (χ4v) is 7.98. The summed E-state index contributed by atoms with van der Waals surface area (Å²) in [5.41, 5.74) is -0.581. The van der Waals surface area contributed by atoms with Gasteiger partial charge in [0.05, 0.1) is 18.2 Å². The highest BCUT2D eigenvalue weighted by Crippen LogP contribution is 2.72. The van der Waals surface area contributed by atoms with Crippen LogP contribution in [0.2, 0.25) is 0 Å². The summed E-state index contributed by atoms with van der Waals surface area (Å²) < 4.78 is 1.58. The lowest BCUT2D eigenvalue weighted by molar-refractivity contribution is -0.175. The molecule has 7 nitrogen and oxygen atoms in total. The third kappa shape index (κ3) is 2.69. The molecule has 2 fully saturated rings. The molecule has 0 saturated heterocycles. The molecule has 7 heteroatoms. The van der Waals surface area contributed by atoms with E-state index in [1.54, 1.807) is 17.0 Å². The first-order chi connectivity index (χ1) is 16.6. The van der Waals surface area contributed by atoms with Gasteiger partial charge in [0.2, 0.25) is 0 Å². The van der Waals surface area contributed by atoms with E-state index in [2.05, 4.69) is 24.2 Å². The molecule has 2 saturated carbocycles. The first kappa shape index (κ1) is 22.8. The van der Waals surface area contributed by atoms with Crippen LogP contribution < -0.4 is 0 Å². The van der Waals surface area contributed by atoms with E-state index in [1.807, 2.05) is 50.3 Å². The molecule has 4 aliphatic rings. The average molecular weight is 476 g/mol. The monoisotopic (exact) mass is 475 g/mol. The third-order valence-corrected chi connectivity index (χ3v) is 9.78. The summed E-state index contributed by atoms with van der Waals surface area (Å²) in [6, 6.07) is 8.84. The van der Waals surface area contributed by atoms with Crippen LogP contribution in [0.5, 0.6) is 0 Å². The Morgan fingerprint density at radius 1 is 1.20 bits per heavy atom. The molecule has 2 bridgehead atoms. The number of allylic oxidation sites excluding steroid dienone is 1. The van der Waals surface area contributed by atoms with Crippen molar-refractivity contribution in [2.75, 3.05) is 6.61 Å². The van der Waals surface area contributed by atoms with Gasteiger partial charge in [0, 0.05) is 11.5 Å². The third-order valence-electron chi connectivity index (χ3n) is 9.78. The van der Waals surface area contributed by atoms with Crippen LogP contribution in [0.3, 0.4) is 0 Å². The standard InChI is InChI=1S/C28H33N3O4/c1-15-12-27-16(2)10-20-22(26(20,3)4)19(25(27)34)11-18(14-32)24(33)28(27,35)23(15)31-13-21(29-30-31)17-8-6-5-7-9-17/h5-9,11-13,16,19-20,22-24,32-33,35H,10,14H2,1-4H3/t16-,19+,20-,22+,23+,24-,27+,28-/m1/s1. The smallest absolute Gasteiger partial charge is 0.153 e. The molecule has 1 heterocycles. The van der Waals surface area contributed by atoms with E-state index in [0.717, 1.165) is 17.6 Å². The second-order valence-corrected chi connectivity index (χ2v) is 11.7. The maximum atomic E-state index is 14.5. The number of carbonyl (C=O) groups is 1. The van der Waals surface area contributed by atoms with Crippen LogP contribution >= 0.6 is 0 Å². The minimum Gasteiger partial charge on any atom is -0.392 e. The van der Waals surface area contributed by atoms with Crippen molar-refractivity contribution in [2.24, 2.45) is 34.5 Å². The minimum atomic E-state index is -1.90. The Morgan fingerprint density at radius 3 is 2.60 bits per heavy atom. The second kappa shape index (κ2) is 7.21. The number of nitrogens with zero attached hydrogens (tertiary/aromatic N) is 3. The summed E-state index contributed by atoms with van der Waals surface area (Å²) in [6.07, 6.45) is 4.78. The number of carbonyl (C=O) groups excluding carboxylic acids is 1. The fraction of sp³-hybridized carbons (Fsp3) is 0.536. The van der Waals surface area contributed by atoms with Crippen molar-refractivity contribution < 1.29 is 20.1 Å². The van der Waals surface area contributed by atoms with E-state index in [4.69, 9.17) is 0 Å². The molecule has 1 aromatic heterocycles. The number of ketones is 1. The summed E-state index contributed by atoms with van der Waals surface area (Å²) in [7, 11) is 0. The summed E-state index contributed by atoms with van der Waals surface area (Å²) in [6.45, 7) is 7.87. The van der Waals surface area contributed by atoms with Crippen molar-refractivity contribution in [3.8, 4) is 11.3 Å². The van der Waals surface area contributed by atoms with Crippen LogP contribution in [-0.4, -0.2) is 54.4 Å². The first-order valence-corrected chi connectivity index (χ1v) is 12.5. The van der Waals surface area contributed by atoms with Crippen LogP contribution in [0, 0.1) is 34.5 Å². The van der Waals surface area contributed by atoms with Gasteiger partial charge in [0.1, 0.15) is 23.4 Å². The highest BCUT2D eigenvalue weighted by Gasteiger charge is 2.76. The molecular formula is C28H33N3O4. The van der Waals surface area contributed by atoms with Crippen molar-refractivity contribution in [3.63, 3.8) is 0 Å². The first-order valence-electron chi connectivity index (χ1n) is 12.5. The van der Waals surface area contributed by atoms with Gasteiger partial charge in [-0.3, -0.25) is 4.79 Å². The Kier molecular flexibility index (Phi) is 4.71. The largest absolute Gasteiger partial charge is 0.392 e. The zero-order chi connectivity index (χ0) is 24.9. The number of rotatable bonds is 3. The Labute approximate surface area is 205 Å². The number of hydrogen-bond acceptors (Lipinski definition) is 6. The van der Waals surface area contributed by atoms with Gasteiger partial charge < -0.3 is 15.3 Å². The van der Waals surface area contributed by atoms with Crippen LogP contribution in [0.4, 0.5) is 0 Å². The van der Waals surface area contributed by atoms with Gasteiger partial charge in [-0.05, 0) is 47.7 Å². The molecule has 6 rings (SSSR count). The predicted octanol–water partition coefficient (Wildman–Crippen LogP) is 2.95. The van der Waals surface area contributed by atoms with Gasteiger partial charge in [0.25, 0.3) is 0 Å². The molecule has 3 N–H and O–H groups in total. The van der Waals surface area contributed by atoms with Crippen molar-refractivity contribution >= 4 is 5.78 Å². The van der Waals surface area contributed by atoms with E-state index in [0.29, 0.717) is 17.2 Å². The summed E-state index contributed by atoms with van der Waals surface area (Å²) in [5.74, 6) is -0.220. The maximum Gasteiger partial charge on any atom is 0.153 e. The Morgan fingerprint density at radius 2 is 1.91 bits per heavy atom. The van der Waals surface area contributed by atoms with Gasteiger partial charge in [-0.2, -0.15) is 0 Å². The molecule has 8 atom stereocenters. The lowest BCUT2D eigenvalue weighted by Crippen LogP contribution is -2.63. The number of benzene rings is 1. The number of fused-ring (bicyclic) bond motifs is 3. The molecule has 35 heavy (non-hydrogen) atoms. The van der Waals surface area contributed by atoms with Crippen LogP contribution in [-0.2, 0) is 4.79 Å². The molecule has 0 unspecified atom stereocenters. The SMILES string of the molecule is CC1=C[C@]23C(=O)[C@@H](C=C(CO)[C@@H](O)[C@]2(O)[C@H]1n1cc(-c2ccccc2)nn1)[C@H]1[C@@H](C[C@H]3C)C1(C)C. The van der Waals surface area contributed by atoms with Crippen molar-refractivity contribution in [2.45, 2.75) is 51.9 Å². The highest BCUT2D eigenvalue weighted by molar-refractivity contribution is 5.95. The molecule has 0 amide bonds. The van der Waals surface area contributed by atoms with Gasteiger partial charge in [-0.25, -0.2) is 4.68 Å². The Hall–Kier alpha value is -2.61. The van der Waals surface area contributed by atoms with Gasteiger partial charge >= 0.3 is 0 Å². The second-order valence-electron chi connectivity index (χ2n) is 11.7. The topological polar surface area (TPSA) is 108 Å². The number of aliphatic hydroxyl groups is 3. The minimum absolute atomic E-state index is 0.00786. The molecule has 4 aliphatic carbocycles. The average Bonchev–Trinajstić information content (AvgIpc) is 3.14. The zero-order valence-electron chi connectivity index (χ0n) is 20.6. The number of Topliss-reactive ketones (excluding diaryl/α,β-unsaturated/α-hetero) is 1. The van der Waals surface area contributed by atoms with Crippen LogP contribution in [0.1, 0.15) is 40.2 Å². The maximum absolute atomic E-state index is 14.5. The fourth-order valence-electron chi connectivity index (χ4n) is 7.98.